The van der Waals surface area contributed by atoms with E-state index in [1.807, 2.05) is 0 Å². The Balaban J connectivity index is 1.85. The van der Waals surface area contributed by atoms with E-state index in [1.165, 1.54) is 32.8 Å². The van der Waals surface area contributed by atoms with Gasteiger partial charge in [-0.05, 0) is 79.6 Å². The number of fused-ring (bicyclic) bond motifs is 3. The van der Waals surface area contributed by atoms with Gasteiger partial charge in [0.1, 0.15) is 0 Å². The van der Waals surface area contributed by atoms with Crippen LogP contribution in [0.3, 0.4) is 0 Å². The molecule has 6 unspecified atom stereocenters. The molecule has 0 aromatic carbocycles. The molecule has 0 radical (unpaired) electrons. The van der Waals surface area contributed by atoms with Crippen LogP contribution in [0.2, 0.25) is 0 Å². The highest BCUT2D eigenvalue weighted by atomic mass is 16.5. The molecule has 0 aliphatic heterocycles. The number of methoxy groups -OCH3 is 1. The molecule has 0 spiro atoms. The van der Waals surface area contributed by atoms with E-state index in [1.54, 1.807) is 0 Å². The minimum absolute atomic E-state index is 0.0557. The molecule has 2 fully saturated rings. The first kappa shape index (κ1) is 17.0. The first-order valence-corrected chi connectivity index (χ1v) is 9.39. The summed E-state index contributed by atoms with van der Waals surface area (Å²) in [6.45, 7) is 5.59. The fourth-order valence-corrected chi connectivity index (χ4v) is 6.34. The van der Waals surface area contributed by atoms with Gasteiger partial charge in [0.05, 0.1) is 7.11 Å². The lowest BCUT2D eigenvalue weighted by atomic mass is 9.46. The largest absolute Gasteiger partial charge is 0.469 e. The summed E-state index contributed by atoms with van der Waals surface area (Å²) in [7, 11) is 1.50. The molecule has 2 saturated carbocycles. The van der Waals surface area contributed by atoms with Crippen LogP contribution >= 0.6 is 0 Å². The average Bonchev–Trinajstić information content (AvgIpc) is 2.92. The van der Waals surface area contributed by atoms with Crippen molar-refractivity contribution in [3.8, 4) is 0 Å². The maximum atomic E-state index is 11.9. The predicted molar refractivity (Wildman–Crippen MR) is 92.7 cm³/mol. The molecule has 0 aromatic rings. The van der Waals surface area contributed by atoms with Crippen LogP contribution in [0.15, 0.2) is 12.2 Å². The van der Waals surface area contributed by atoms with Crippen LogP contribution in [0.1, 0.15) is 58.8 Å². The van der Waals surface area contributed by atoms with Crippen LogP contribution in [-0.2, 0) is 9.53 Å². The highest BCUT2D eigenvalue weighted by Gasteiger charge is 2.55. The molecule has 23 heavy (non-hydrogen) atoms. The second-order valence-corrected chi connectivity index (χ2v) is 8.66. The van der Waals surface area contributed by atoms with Crippen molar-refractivity contribution in [2.75, 3.05) is 13.7 Å². The van der Waals surface area contributed by atoms with Gasteiger partial charge in [-0.3, -0.25) is 4.79 Å². The van der Waals surface area contributed by atoms with Gasteiger partial charge in [0.25, 0.3) is 0 Å². The number of rotatable bonds is 4. The maximum absolute atomic E-state index is 11.9. The number of esters is 1. The third-order valence-electron chi connectivity index (χ3n) is 7.72. The van der Waals surface area contributed by atoms with E-state index in [0.29, 0.717) is 23.7 Å². The van der Waals surface area contributed by atoms with E-state index in [4.69, 9.17) is 10.5 Å². The summed E-state index contributed by atoms with van der Waals surface area (Å²) < 4.78 is 4.97. The second kappa shape index (κ2) is 6.23. The molecule has 0 saturated heterocycles. The standard InChI is InChI=1S/C20H33NO2/c1-19-9-4-5-16(19)15-7-6-14(13-18(22)23-3)20(2,11-12-21)17(15)8-10-19/h4,9,14-17H,5-8,10-13,21H2,1-3H3. The van der Waals surface area contributed by atoms with Gasteiger partial charge in [0.2, 0.25) is 0 Å². The number of allylic oxidation sites excluding steroid dienone is 2. The Morgan fingerprint density at radius 2 is 2.04 bits per heavy atom. The molecular formula is C20H33NO2. The first-order valence-electron chi connectivity index (χ1n) is 9.39. The first-order chi connectivity index (χ1) is 10.9. The fraction of sp³-hybridized carbons (Fsp3) is 0.850. The molecular weight excluding hydrogens is 286 g/mol. The van der Waals surface area contributed by atoms with Gasteiger partial charge >= 0.3 is 5.97 Å². The van der Waals surface area contributed by atoms with Gasteiger partial charge < -0.3 is 10.5 Å². The summed E-state index contributed by atoms with van der Waals surface area (Å²) in [4.78, 5) is 11.9. The summed E-state index contributed by atoms with van der Waals surface area (Å²) in [6, 6.07) is 0. The van der Waals surface area contributed by atoms with Gasteiger partial charge in [-0.1, -0.05) is 26.0 Å². The van der Waals surface area contributed by atoms with Gasteiger partial charge in [0.15, 0.2) is 0 Å². The van der Waals surface area contributed by atoms with E-state index >= 15 is 0 Å². The zero-order chi connectivity index (χ0) is 16.7. The Kier molecular flexibility index (Phi) is 4.61. The van der Waals surface area contributed by atoms with Crippen LogP contribution in [-0.4, -0.2) is 19.6 Å². The Morgan fingerprint density at radius 3 is 2.74 bits per heavy atom. The van der Waals surface area contributed by atoms with Crippen molar-refractivity contribution in [3.05, 3.63) is 12.2 Å². The van der Waals surface area contributed by atoms with Gasteiger partial charge in [-0.25, -0.2) is 0 Å². The van der Waals surface area contributed by atoms with Gasteiger partial charge in [-0.15, -0.1) is 0 Å². The fourth-order valence-electron chi connectivity index (χ4n) is 6.34. The molecule has 3 heteroatoms. The third-order valence-corrected chi connectivity index (χ3v) is 7.72. The van der Waals surface area contributed by atoms with E-state index < -0.39 is 0 Å². The lowest BCUT2D eigenvalue weighted by Gasteiger charge is -2.58. The summed E-state index contributed by atoms with van der Waals surface area (Å²) in [5, 5.41) is 0. The quantitative estimate of drug-likeness (QED) is 0.631. The van der Waals surface area contributed by atoms with Crippen molar-refractivity contribution in [2.24, 2.45) is 40.2 Å². The molecule has 0 amide bonds. The highest BCUT2D eigenvalue weighted by molar-refractivity contribution is 5.69. The SMILES string of the molecule is COC(=O)CC1CCC2C3CC=CC3(C)CCC2C1(C)CCN. The molecule has 3 nitrogen and oxygen atoms in total. The van der Waals surface area contributed by atoms with Crippen LogP contribution in [0.5, 0.6) is 0 Å². The smallest absolute Gasteiger partial charge is 0.305 e. The molecule has 3 aliphatic rings. The number of carbonyl (C=O) groups excluding carboxylic acids is 1. The molecule has 6 atom stereocenters. The summed E-state index contributed by atoms with van der Waals surface area (Å²) in [6.07, 6.45) is 12.7. The summed E-state index contributed by atoms with van der Waals surface area (Å²) in [5.74, 6) is 2.69. The van der Waals surface area contributed by atoms with Crippen molar-refractivity contribution in [2.45, 2.75) is 58.8 Å². The number of carbonyl (C=O) groups is 1. The van der Waals surface area contributed by atoms with Crippen LogP contribution < -0.4 is 5.73 Å². The van der Waals surface area contributed by atoms with Crippen molar-refractivity contribution in [1.82, 2.24) is 0 Å². The molecule has 3 rings (SSSR count). The minimum Gasteiger partial charge on any atom is -0.469 e. The normalized spacial score (nSPS) is 45.4. The molecule has 0 heterocycles. The van der Waals surface area contributed by atoms with Crippen molar-refractivity contribution < 1.29 is 9.53 Å². The Morgan fingerprint density at radius 1 is 1.26 bits per heavy atom. The summed E-state index contributed by atoms with van der Waals surface area (Å²) >= 11 is 0. The van der Waals surface area contributed by atoms with Gasteiger partial charge in [-0.2, -0.15) is 0 Å². The number of hydrogen-bond acceptors (Lipinski definition) is 3. The topological polar surface area (TPSA) is 52.3 Å². The lowest BCUT2D eigenvalue weighted by molar-refractivity contribution is -0.147. The zero-order valence-corrected chi connectivity index (χ0v) is 15.0. The molecule has 130 valence electrons. The monoisotopic (exact) mass is 319 g/mol. The number of hydrogen-bond donors (Lipinski definition) is 1. The Bertz CT molecular complexity index is 488. The van der Waals surface area contributed by atoms with Crippen molar-refractivity contribution in [1.29, 1.82) is 0 Å². The molecule has 0 aromatic heterocycles. The zero-order valence-electron chi connectivity index (χ0n) is 15.0. The van der Waals surface area contributed by atoms with Crippen molar-refractivity contribution >= 4 is 5.97 Å². The van der Waals surface area contributed by atoms with Crippen molar-refractivity contribution in [3.63, 3.8) is 0 Å². The van der Waals surface area contributed by atoms with Crippen LogP contribution in [0.4, 0.5) is 0 Å². The highest BCUT2D eigenvalue weighted by Crippen LogP contribution is 2.63. The Labute approximate surface area is 141 Å². The summed E-state index contributed by atoms with van der Waals surface area (Å²) in [5.41, 5.74) is 6.60. The van der Waals surface area contributed by atoms with Crippen LogP contribution in [0, 0.1) is 34.5 Å². The minimum atomic E-state index is -0.0557. The average molecular weight is 319 g/mol. The second-order valence-electron chi connectivity index (χ2n) is 8.66. The number of nitrogens with two attached hydrogens (primary N) is 1. The van der Waals surface area contributed by atoms with Crippen LogP contribution in [0.25, 0.3) is 0 Å². The molecule has 3 aliphatic carbocycles. The van der Waals surface area contributed by atoms with E-state index in [2.05, 4.69) is 26.0 Å². The third kappa shape index (κ3) is 2.75. The Hall–Kier alpha value is -0.830. The lowest BCUT2D eigenvalue weighted by Crippen LogP contribution is -2.52. The number of ether oxygens (including phenoxy) is 1. The molecule has 2 N–H and O–H groups in total. The maximum Gasteiger partial charge on any atom is 0.305 e. The van der Waals surface area contributed by atoms with Gasteiger partial charge in [0, 0.05) is 6.42 Å². The van der Waals surface area contributed by atoms with E-state index in [-0.39, 0.29) is 11.4 Å². The molecule has 0 bridgehead atoms. The predicted octanol–water partition coefficient (Wildman–Crippen LogP) is 3.92. The van der Waals surface area contributed by atoms with E-state index in [9.17, 15) is 4.79 Å². The van der Waals surface area contributed by atoms with E-state index in [0.717, 1.165) is 31.2 Å².